The molecule has 0 aromatic heterocycles. The van der Waals surface area contributed by atoms with Crippen LogP contribution in [0.25, 0.3) is 0 Å². The van der Waals surface area contributed by atoms with Crippen LogP contribution in [0.5, 0.6) is 5.75 Å². The van der Waals surface area contributed by atoms with Gasteiger partial charge in [-0.3, -0.25) is 9.80 Å². The predicted molar refractivity (Wildman–Crippen MR) is 82.6 cm³/mol. The third kappa shape index (κ3) is 5.28. The summed E-state index contributed by atoms with van der Waals surface area (Å²) in [6, 6.07) is 8.25. The Hall–Kier alpha value is -1.14. The van der Waals surface area contributed by atoms with Crippen LogP contribution in [-0.4, -0.2) is 74.6 Å². The van der Waals surface area contributed by atoms with E-state index in [4.69, 9.17) is 9.47 Å². The van der Waals surface area contributed by atoms with Crippen molar-refractivity contribution in [2.75, 3.05) is 53.6 Å². The molecule has 0 spiro atoms. The summed E-state index contributed by atoms with van der Waals surface area (Å²) in [5.74, 6) is 0.899. The van der Waals surface area contributed by atoms with Crippen molar-refractivity contribution < 1.29 is 14.6 Å². The Bertz CT molecular complexity index is 402. The number of aliphatic hydroxyl groups is 1. The van der Waals surface area contributed by atoms with E-state index in [-0.39, 0.29) is 6.10 Å². The van der Waals surface area contributed by atoms with Crippen LogP contribution in [0.1, 0.15) is 5.56 Å². The summed E-state index contributed by atoms with van der Waals surface area (Å²) in [7, 11) is 3.31. The molecule has 1 aliphatic rings. The molecular formula is C16H26N2O3. The molecule has 5 heteroatoms. The number of hydrogen-bond acceptors (Lipinski definition) is 5. The lowest BCUT2D eigenvalue weighted by molar-refractivity contribution is 0.0230. The topological polar surface area (TPSA) is 45.2 Å². The number of β-amino-alcohol motifs (C(OH)–C–C–N with tert-alkyl or cyclic N) is 1. The Balaban J connectivity index is 1.73. The van der Waals surface area contributed by atoms with E-state index < -0.39 is 0 Å². The smallest absolute Gasteiger partial charge is 0.118 e. The molecule has 5 nitrogen and oxygen atoms in total. The molecule has 1 aromatic carbocycles. The van der Waals surface area contributed by atoms with Gasteiger partial charge in [-0.25, -0.2) is 0 Å². The molecule has 0 amide bonds. The van der Waals surface area contributed by atoms with E-state index in [0.717, 1.165) is 38.5 Å². The van der Waals surface area contributed by atoms with E-state index in [1.165, 1.54) is 5.56 Å². The number of benzene rings is 1. The number of piperazine rings is 1. The van der Waals surface area contributed by atoms with Crippen molar-refractivity contribution in [1.82, 2.24) is 9.80 Å². The van der Waals surface area contributed by atoms with E-state index in [1.807, 2.05) is 12.1 Å². The Morgan fingerprint density at radius 1 is 1.05 bits per heavy atom. The Labute approximate surface area is 127 Å². The monoisotopic (exact) mass is 294 g/mol. The molecule has 0 bridgehead atoms. The predicted octanol–water partition coefficient (Wildman–Crippen LogP) is 0.820. The van der Waals surface area contributed by atoms with E-state index in [9.17, 15) is 5.11 Å². The second-order valence-corrected chi connectivity index (χ2v) is 5.53. The highest BCUT2D eigenvalue weighted by Crippen LogP contribution is 2.14. The Morgan fingerprint density at radius 2 is 1.67 bits per heavy atom. The first-order chi connectivity index (χ1) is 10.2. The van der Waals surface area contributed by atoms with Crippen molar-refractivity contribution >= 4 is 0 Å². The van der Waals surface area contributed by atoms with Crippen molar-refractivity contribution in [3.63, 3.8) is 0 Å². The molecule has 1 aliphatic heterocycles. The normalized spacial score (nSPS) is 18.6. The van der Waals surface area contributed by atoms with E-state index in [0.29, 0.717) is 13.2 Å². The molecule has 1 N–H and O–H groups in total. The minimum atomic E-state index is -0.386. The summed E-state index contributed by atoms with van der Waals surface area (Å²) in [5, 5.41) is 9.76. The van der Waals surface area contributed by atoms with Crippen molar-refractivity contribution in [3.05, 3.63) is 29.8 Å². The molecule has 21 heavy (non-hydrogen) atoms. The molecule has 0 radical (unpaired) electrons. The molecule has 1 saturated heterocycles. The first-order valence-corrected chi connectivity index (χ1v) is 7.46. The number of methoxy groups -OCH3 is 2. The van der Waals surface area contributed by atoms with E-state index in [2.05, 4.69) is 21.9 Å². The summed E-state index contributed by atoms with van der Waals surface area (Å²) >= 11 is 0. The quantitative estimate of drug-likeness (QED) is 0.807. The maximum Gasteiger partial charge on any atom is 0.118 e. The highest BCUT2D eigenvalue weighted by Gasteiger charge is 2.19. The average Bonchev–Trinajstić information content (AvgIpc) is 2.50. The standard InChI is InChI=1S/C16H26N2O3/c1-20-13-15(19)12-18-9-7-17(8-10-18)11-14-3-5-16(21-2)6-4-14/h3-6,15,19H,7-13H2,1-2H3. The first kappa shape index (κ1) is 16.2. The number of hydrogen-bond donors (Lipinski definition) is 1. The van der Waals surface area contributed by atoms with Gasteiger partial charge in [0.25, 0.3) is 0 Å². The van der Waals surface area contributed by atoms with Crippen LogP contribution in [0, 0.1) is 0 Å². The van der Waals surface area contributed by atoms with Crippen LogP contribution < -0.4 is 4.74 Å². The Kier molecular flexibility index (Phi) is 6.45. The fourth-order valence-corrected chi connectivity index (χ4v) is 2.66. The lowest BCUT2D eigenvalue weighted by Crippen LogP contribution is -2.48. The van der Waals surface area contributed by atoms with Crippen LogP contribution in [0.15, 0.2) is 24.3 Å². The fourth-order valence-electron chi connectivity index (χ4n) is 2.66. The molecule has 2 rings (SSSR count). The Morgan fingerprint density at radius 3 is 2.24 bits per heavy atom. The number of aliphatic hydroxyl groups excluding tert-OH is 1. The zero-order chi connectivity index (χ0) is 15.1. The maximum absolute atomic E-state index is 9.76. The van der Waals surface area contributed by atoms with E-state index in [1.54, 1.807) is 14.2 Å². The average molecular weight is 294 g/mol. The van der Waals surface area contributed by atoms with Crippen molar-refractivity contribution in [2.45, 2.75) is 12.6 Å². The van der Waals surface area contributed by atoms with Crippen LogP contribution in [0.3, 0.4) is 0 Å². The molecule has 0 saturated carbocycles. The molecule has 1 atom stereocenters. The summed E-state index contributed by atoms with van der Waals surface area (Å²) in [4.78, 5) is 4.75. The van der Waals surface area contributed by atoms with Crippen molar-refractivity contribution in [2.24, 2.45) is 0 Å². The van der Waals surface area contributed by atoms with Crippen molar-refractivity contribution in [3.8, 4) is 5.75 Å². The van der Waals surface area contributed by atoms with Gasteiger partial charge in [0.05, 0.1) is 19.8 Å². The zero-order valence-electron chi connectivity index (χ0n) is 13.0. The van der Waals surface area contributed by atoms with Crippen LogP contribution in [0.4, 0.5) is 0 Å². The first-order valence-electron chi connectivity index (χ1n) is 7.46. The van der Waals surface area contributed by atoms with Gasteiger partial charge in [-0.05, 0) is 17.7 Å². The molecule has 0 aliphatic carbocycles. The highest BCUT2D eigenvalue weighted by molar-refractivity contribution is 5.27. The van der Waals surface area contributed by atoms with Gasteiger partial charge in [-0.15, -0.1) is 0 Å². The van der Waals surface area contributed by atoms with Crippen LogP contribution in [0.2, 0.25) is 0 Å². The molecule has 118 valence electrons. The number of ether oxygens (including phenoxy) is 2. The van der Waals surface area contributed by atoms with Crippen LogP contribution in [-0.2, 0) is 11.3 Å². The lowest BCUT2D eigenvalue weighted by atomic mass is 10.2. The van der Waals surface area contributed by atoms with Gasteiger partial charge in [0.2, 0.25) is 0 Å². The van der Waals surface area contributed by atoms with Gasteiger partial charge in [-0.1, -0.05) is 12.1 Å². The van der Waals surface area contributed by atoms with Gasteiger partial charge >= 0.3 is 0 Å². The fraction of sp³-hybridized carbons (Fsp3) is 0.625. The summed E-state index contributed by atoms with van der Waals surface area (Å²) in [6.07, 6.45) is -0.386. The zero-order valence-corrected chi connectivity index (χ0v) is 13.0. The summed E-state index contributed by atoms with van der Waals surface area (Å²) in [5.41, 5.74) is 1.31. The molecule has 1 unspecified atom stereocenters. The van der Waals surface area contributed by atoms with Gasteiger partial charge < -0.3 is 14.6 Å². The maximum atomic E-state index is 9.76. The SMILES string of the molecule is COCC(O)CN1CCN(Cc2ccc(OC)cc2)CC1. The van der Waals surface area contributed by atoms with Crippen LogP contribution >= 0.6 is 0 Å². The third-order valence-electron chi connectivity index (χ3n) is 3.86. The highest BCUT2D eigenvalue weighted by atomic mass is 16.5. The number of nitrogens with zero attached hydrogens (tertiary/aromatic N) is 2. The summed E-state index contributed by atoms with van der Waals surface area (Å²) < 4.78 is 10.1. The van der Waals surface area contributed by atoms with Gasteiger partial charge in [0, 0.05) is 46.4 Å². The largest absolute Gasteiger partial charge is 0.497 e. The van der Waals surface area contributed by atoms with E-state index >= 15 is 0 Å². The van der Waals surface area contributed by atoms with Gasteiger partial charge in [0.15, 0.2) is 0 Å². The minimum absolute atomic E-state index is 0.386. The minimum Gasteiger partial charge on any atom is -0.497 e. The summed E-state index contributed by atoms with van der Waals surface area (Å²) in [6.45, 7) is 6.14. The molecule has 1 fully saturated rings. The third-order valence-corrected chi connectivity index (χ3v) is 3.86. The van der Waals surface area contributed by atoms with Gasteiger partial charge in [-0.2, -0.15) is 0 Å². The molecule has 1 aromatic rings. The second kappa shape index (κ2) is 8.34. The second-order valence-electron chi connectivity index (χ2n) is 5.53. The molecular weight excluding hydrogens is 268 g/mol. The van der Waals surface area contributed by atoms with Gasteiger partial charge in [0.1, 0.15) is 5.75 Å². The molecule has 1 heterocycles. The number of rotatable bonds is 7. The lowest BCUT2D eigenvalue weighted by Gasteiger charge is -2.35. The van der Waals surface area contributed by atoms with Crippen molar-refractivity contribution in [1.29, 1.82) is 0 Å².